The van der Waals surface area contributed by atoms with Crippen LogP contribution in [0.4, 0.5) is 5.82 Å². The lowest BCUT2D eigenvalue weighted by atomic mass is 9.88. The van der Waals surface area contributed by atoms with E-state index in [1.165, 1.54) is 17.7 Å². The molecular formula is C17H28N6. The van der Waals surface area contributed by atoms with Crippen LogP contribution < -0.4 is 5.32 Å². The van der Waals surface area contributed by atoms with Crippen molar-refractivity contribution < 1.29 is 0 Å². The number of fused-ring (bicyclic) bond motifs is 2. The van der Waals surface area contributed by atoms with Gasteiger partial charge in [0, 0.05) is 18.7 Å². The molecule has 1 atom stereocenters. The summed E-state index contributed by atoms with van der Waals surface area (Å²) in [6, 6.07) is 0. The molecule has 1 unspecified atom stereocenters. The molecule has 126 valence electrons. The number of aromatic nitrogens is 4. The lowest BCUT2D eigenvalue weighted by Crippen LogP contribution is -2.35. The van der Waals surface area contributed by atoms with E-state index in [2.05, 4.69) is 55.2 Å². The molecule has 0 saturated heterocycles. The minimum atomic E-state index is 0.175. The lowest BCUT2D eigenvalue weighted by Gasteiger charge is -2.30. The number of hydrogen-bond acceptors (Lipinski definition) is 5. The molecule has 23 heavy (non-hydrogen) atoms. The van der Waals surface area contributed by atoms with Gasteiger partial charge in [0.05, 0.1) is 5.69 Å². The summed E-state index contributed by atoms with van der Waals surface area (Å²) in [5, 5.41) is 8.03. The first kappa shape index (κ1) is 16.2. The quantitative estimate of drug-likeness (QED) is 0.917. The molecule has 1 aliphatic carbocycles. The fourth-order valence-corrected chi connectivity index (χ4v) is 3.59. The Hall–Kier alpha value is -1.69. The third-order valence-corrected chi connectivity index (χ3v) is 4.52. The zero-order valence-electron chi connectivity index (χ0n) is 14.9. The molecule has 0 radical (unpaired) electrons. The zero-order valence-corrected chi connectivity index (χ0v) is 14.9. The van der Waals surface area contributed by atoms with Crippen molar-refractivity contribution >= 4 is 11.6 Å². The largest absolute Gasteiger partial charge is 0.369 e. The Kier molecular flexibility index (Phi) is 4.27. The molecule has 0 saturated carbocycles. The second-order valence-corrected chi connectivity index (χ2v) is 7.96. The van der Waals surface area contributed by atoms with Crippen molar-refractivity contribution in [2.75, 3.05) is 32.5 Å². The third-order valence-electron chi connectivity index (χ3n) is 4.52. The van der Waals surface area contributed by atoms with E-state index in [0.717, 1.165) is 31.7 Å². The Labute approximate surface area is 138 Å². The van der Waals surface area contributed by atoms with Gasteiger partial charge in [0.1, 0.15) is 12.1 Å². The fraction of sp³-hybridized carbons (Fsp3) is 0.706. The average Bonchev–Trinajstić information content (AvgIpc) is 2.89. The van der Waals surface area contributed by atoms with Crippen LogP contribution in [0.2, 0.25) is 0 Å². The zero-order chi connectivity index (χ0) is 16.6. The average molecular weight is 316 g/mol. The minimum Gasteiger partial charge on any atom is -0.369 e. The van der Waals surface area contributed by atoms with E-state index in [4.69, 9.17) is 4.98 Å². The fourth-order valence-electron chi connectivity index (χ4n) is 3.59. The summed E-state index contributed by atoms with van der Waals surface area (Å²) >= 11 is 0. The van der Waals surface area contributed by atoms with Crippen LogP contribution in [0.3, 0.4) is 0 Å². The van der Waals surface area contributed by atoms with Crippen LogP contribution in [-0.2, 0) is 12.8 Å². The second kappa shape index (κ2) is 6.07. The van der Waals surface area contributed by atoms with Crippen LogP contribution in [0.25, 0.3) is 5.78 Å². The van der Waals surface area contributed by atoms with Crippen LogP contribution in [0.5, 0.6) is 0 Å². The molecule has 3 rings (SSSR count). The van der Waals surface area contributed by atoms with E-state index in [0.29, 0.717) is 11.7 Å². The van der Waals surface area contributed by atoms with Crippen LogP contribution in [0.15, 0.2) is 6.33 Å². The number of anilines is 1. The Balaban J connectivity index is 1.92. The molecule has 0 fully saturated rings. The molecule has 1 aliphatic rings. The van der Waals surface area contributed by atoms with Crippen molar-refractivity contribution in [2.45, 2.75) is 40.0 Å². The predicted octanol–water partition coefficient (Wildman–Crippen LogP) is 2.25. The highest BCUT2D eigenvalue weighted by molar-refractivity contribution is 5.53. The SMILES string of the molecule is CC1CCc2c(nc3ncnn3c2NCC(C)(C)CN(C)C)C1. The van der Waals surface area contributed by atoms with E-state index in [1.54, 1.807) is 6.33 Å². The van der Waals surface area contributed by atoms with Crippen molar-refractivity contribution in [1.82, 2.24) is 24.5 Å². The summed E-state index contributed by atoms with van der Waals surface area (Å²) in [6.45, 7) is 8.80. The van der Waals surface area contributed by atoms with Gasteiger partial charge < -0.3 is 10.2 Å². The van der Waals surface area contributed by atoms with Gasteiger partial charge in [-0.3, -0.25) is 0 Å². The van der Waals surface area contributed by atoms with Gasteiger partial charge in [0.25, 0.3) is 5.78 Å². The molecule has 0 bridgehead atoms. The first-order valence-electron chi connectivity index (χ1n) is 8.46. The van der Waals surface area contributed by atoms with Crippen LogP contribution >= 0.6 is 0 Å². The molecule has 1 N–H and O–H groups in total. The van der Waals surface area contributed by atoms with E-state index in [1.807, 2.05) is 4.52 Å². The van der Waals surface area contributed by atoms with Crippen molar-refractivity contribution in [2.24, 2.45) is 11.3 Å². The first-order valence-corrected chi connectivity index (χ1v) is 8.46. The molecule has 0 aliphatic heterocycles. The Bertz CT molecular complexity index is 688. The molecule has 2 heterocycles. The van der Waals surface area contributed by atoms with Crippen LogP contribution in [-0.4, -0.2) is 51.7 Å². The summed E-state index contributed by atoms with van der Waals surface area (Å²) in [7, 11) is 4.24. The maximum Gasteiger partial charge on any atom is 0.254 e. The highest BCUT2D eigenvalue weighted by atomic mass is 15.4. The van der Waals surface area contributed by atoms with Gasteiger partial charge in [-0.25, -0.2) is 4.98 Å². The van der Waals surface area contributed by atoms with E-state index >= 15 is 0 Å². The molecular weight excluding hydrogens is 288 g/mol. The summed E-state index contributed by atoms with van der Waals surface area (Å²) in [5.41, 5.74) is 2.69. The minimum absolute atomic E-state index is 0.175. The number of rotatable bonds is 5. The molecule has 0 spiro atoms. The van der Waals surface area contributed by atoms with Crippen molar-refractivity contribution in [3.05, 3.63) is 17.6 Å². The van der Waals surface area contributed by atoms with Crippen molar-refractivity contribution in [3.8, 4) is 0 Å². The van der Waals surface area contributed by atoms with Gasteiger partial charge in [0.15, 0.2) is 0 Å². The highest BCUT2D eigenvalue weighted by Crippen LogP contribution is 2.30. The molecule has 6 nitrogen and oxygen atoms in total. The summed E-state index contributed by atoms with van der Waals surface area (Å²) in [6.07, 6.45) is 4.90. The topological polar surface area (TPSA) is 58.4 Å². The standard InChI is InChI=1S/C17H28N6/c1-12-6-7-13-14(8-12)21-16-19-11-20-23(16)15(13)18-9-17(2,3)10-22(4)5/h11-12,18H,6-10H2,1-5H3. The predicted molar refractivity (Wildman–Crippen MR) is 92.8 cm³/mol. The summed E-state index contributed by atoms with van der Waals surface area (Å²) in [5.74, 6) is 2.48. The van der Waals surface area contributed by atoms with E-state index < -0.39 is 0 Å². The maximum atomic E-state index is 4.72. The number of nitrogens with one attached hydrogen (secondary N) is 1. The van der Waals surface area contributed by atoms with Gasteiger partial charge in [-0.2, -0.15) is 14.6 Å². The van der Waals surface area contributed by atoms with Gasteiger partial charge in [-0.05, 0) is 44.7 Å². The third kappa shape index (κ3) is 3.47. The monoisotopic (exact) mass is 316 g/mol. The van der Waals surface area contributed by atoms with Crippen molar-refractivity contribution in [3.63, 3.8) is 0 Å². The smallest absolute Gasteiger partial charge is 0.254 e. The van der Waals surface area contributed by atoms with Gasteiger partial charge in [0.2, 0.25) is 0 Å². The Morgan fingerprint density at radius 3 is 2.91 bits per heavy atom. The van der Waals surface area contributed by atoms with E-state index in [-0.39, 0.29) is 5.41 Å². The molecule has 0 aromatic carbocycles. The van der Waals surface area contributed by atoms with Gasteiger partial charge in [-0.15, -0.1) is 0 Å². The lowest BCUT2D eigenvalue weighted by molar-refractivity contribution is 0.254. The van der Waals surface area contributed by atoms with E-state index in [9.17, 15) is 0 Å². The molecule has 2 aromatic heterocycles. The first-order chi connectivity index (χ1) is 10.9. The Morgan fingerprint density at radius 2 is 2.17 bits per heavy atom. The van der Waals surface area contributed by atoms with Crippen molar-refractivity contribution in [1.29, 1.82) is 0 Å². The number of hydrogen-bond donors (Lipinski definition) is 1. The Morgan fingerprint density at radius 1 is 1.39 bits per heavy atom. The molecule has 0 amide bonds. The highest BCUT2D eigenvalue weighted by Gasteiger charge is 2.25. The summed E-state index contributed by atoms with van der Waals surface area (Å²) < 4.78 is 1.86. The van der Waals surface area contributed by atoms with Gasteiger partial charge >= 0.3 is 0 Å². The molecule has 2 aromatic rings. The summed E-state index contributed by atoms with van der Waals surface area (Å²) in [4.78, 5) is 11.3. The van der Waals surface area contributed by atoms with Crippen LogP contribution in [0.1, 0.15) is 38.4 Å². The van der Waals surface area contributed by atoms with Crippen LogP contribution in [0, 0.1) is 11.3 Å². The second-order valence-electron chi connectivity index (χ2n) is 7.96. The number of nitrogens with zero attached hydrogens (tertiary/aromatic N) is 5. The normalized spacial score (nSPS) is 18.4. The maximum absolute atomic E-state index is 4.72. The molecule has 6 heteroatoms. The van der Waals surface area contributed by atoms with Gasteiger partial charge in [-0.1, -0.05) is 20.8 Å².